The molecule has 0 radical (unpaired) electrons. The van der Waals surface area contributed by atoms with Gasteiger partial charge in [0.15, 0.2) is 0 Å². The van der Waals surface area contributed by atoms with Crippen molar-refractivity contribution in [1.29, 1.82) is 0 Å². The van der Waals surface area contributed by atoms with E-state index in [1.54, 1.807) is 30.3 Å². The van der Waals surface area contributed by atoms with Gasteiger partial charge in [-0.2, -0.15) is 0 Å². The van der Waals surface area contributed by atoms with Crippen LogP contribution in [0, 0.1) is 12.7 Å². The summed E-state index contributed by atoms with van der Waals surface area (Å²) < 4.78 is 13.8. The molecule has 0 saturated carbocycles. The van der Waals surface area contributed by atoms with Crippen LogP contribution in [-0.2, 0) is 6.42 Å². The fraction of sp³-hybridized carbons (Fsp3) is 0.200. The zero-order chi connectivity index (χ0) is 14.0. The Labute approximate surface area is 121 Å². The van der Waals surface area contributed by atoms with E-state index in [1.165, 1.54) is 6.07 Å². The fourth-order valence-electron chi connectivity index (χ4n) is 2.04. The van der Waals surface area contributed by atoms with Gasteiger partial charge in [0.2, 0.25) is 0 Å². The molecule has 0 bridgehead atoms. The third kappa shape index (κ3) is 3.27. The quantitative estimate of drug-likeness (QED) is 0.869. The Morgan fingerprint density at radius 2 is 1.95 bits per heavy atom. The van der Waals surface area contributed by atoms with Crippen LogP contribution in [0.15, 0.2) is 36.4 Å². The van der Waals surface area contributed by atoms with Gasteiger partial charge in [0.25, 0.3) is 0 Å². The molecule has 2 aromatic rings. The van der Waals surface area contributed by atoms with E-state index in [4.69, 9.17) is 23.2 Å². The van der Waals surface area contributed by atoms with Gasteiger partial charge in [-0.25, -0.2) is 4.39 Å². The highest BCUT2D eigenvalue weighted by molar-refractivity contribution is 6.31. The molecule has 19 heavy (non-hydrogen) atoms. The van der Waals surface area contributed by atoms with Gasteiger partial charge >= 0.3 is 0 Å². The van der Waals surface area contributed by atoms with Crippen molar-refractivity contribution in [3.63, 3.8) is 0 Å². The lowest BCUT2D eigenvalue weighted by molar-refractivity contribution is 0.176. The average molecular weight is 299 g/mol. The number of hydrogen-bond donors (Lipinski definition) is 1. The van der Waals surface area contributed by atoms with Crippen LogP contribution in [0.2, 0.25) is 10.0 Å². The van der Waals surface area contributed by atoms with E-state index in [2.05, 4.69) is 0 Å². The van der Waals surface area contributed by atoms with E-state index in [-0.39, 0.29) is 11.4 Å². The SMILES string of the molecule is Cc1cc(Cl)ccc1C(O)Cc1cccc(Cl)c1F. The van der Waals surface area contributed by atoms with Crippen molar-refractivity contribution in [2.24, 2.45) is 0 Å². The van der Waals surface area contributed by atoms with Gasteiger partial charge in [0, 0.05) is 11.4 Å². The van der Waals surface area contributed by atoms with E-state index >= 15 is 0 Å². The molecule has 2 aromatic carbocycles. The van der Waals surface area contributed by atoms with Gasteiger partial charge < -0.3 is 5.11 Å². The Bertz CT molecular complexity index is 599. The van der Waals surface area contributed by atoms with Crippen molar-refractivity contribution in [2.75, 3.05) is 0 Å². The Morgan fingerprint density at radius 3 is 2.63 bits per heavy atom. The number of rotatable bonds is 3. The molecule has 2 rings (SSSR count). The van der Waals surface area contributed by atoms with Crippen LogP contribution in [0.4, 0.5) is 4.39 Å². The van der Waals surface area contributed by atoms with Crippen molar-refractivity contribution in [3.8, 4) is 0 Å². The molecule has 100 valence electrons. The minimum absolute atomic E-state index is 0.0672. The van der Waals surface area contributed by atoms with Gasteiger partial charge in [0.05, 0.1) is 11.1 Å². The molecule has 4 heteroatoms. The van der Waals surface area contributed by atoms with E-state index in [0.717, 1.165) is 11.1 Å². The van der Waals surface area contributed by atoms with Crippen LogP contribution in [0.25, 0.3) is 0 Å². The monoisotopic (exact) mass is 298 g/mol. The molecule has 0 amide bonds. The maximum Gasteiger partial charge on any atom is 0.145 e. The summed E-state index contributed by atoms with van der Waals surface area (Å²) in [5.74, 6) is -0.477. The molecule has 1 atom stereocenters. The molecule has 0 aliphatic heterocycles. The first-order valence-corrected chi connectivity index (χ1v) is 6.61. The molecule has 0 aromatic heterocycles. The molecule has 0 fully saturated rings. The molecular formula is C15H13Cl2FO. The smallest absolute Gasteiger partial charge is 0.145 e. The predicted octanol–water partition coefficient (Wildman–Crippen LogP) is 4.72. The zero-order valence-electron chi connectivity index (χ0n) is 10.3. The summed E-state index contributed by atoms with van der Waals surface area (Å²) in [6, 6.07) is 10.0. The summed E-state index contributed by atoms with van der Waals surface area (Å²) in [4.78, 5) is 0. The van der Waals surface area contributed by atoms with Crippen LogP contribution < -0.4 is 0 Å². The van der Waals surface area contributed by atoms with Crippen LogP contribution >= 0.6 is 23.2 Å². The van der Waals surface area contributed by atoms with E-state index in [9.17, 15) is 9.50 Å². The van der Waals surface area contributed by atoms with Gasteiger partial charge in [-0.15, -0.1) is 0 Å². The molecule has 0 spiro atoms. The lowest BCUT2D eigenvalue weighted by Crippen LogP contribution is -2.05. The molecule has 0 aliphatic carbocycles. The summed E-state index contributed by atoms with van der Waals surface area (Å²) in [5, 5.41) is 10.9. The molecule has 1 unspecified atom stereocenters. The highest BCUT2D eigenvalue weighted by atomic mass is 35.5. The van der Waals surface area contributed by atoms with Crippen LogP contribution in [0.1, 0.15) is 22.8 Å². The lowest BCUT2D eigenvalue weighted by atomic mass is 9.97. The van der Waals surface area contributed by atoms with Crippen molar-refractivity contribution in [1.82, 2.24) is 0 Å². The second-order valence-electron chi connectivity index (χ2n) is 4.43. The second kappa shape index (κ2) is 5.91. The number of hydrogen-bond acceptors (Lipinski definition) is 1. The largest absolute Gasteiger partial charge is 0.388 e. The zero-order valence-corrected chi connectivity index (χ0v) is 11.8. The van der Waals surface area contributed by atoms with Gasteiger partial charge in [0.1, 0.15) is 5.82 Å². The highest BCUT2D eigenvalue weighted by Gasteiger charge is 2.15. The van der Waals surface area contributed by atoms with Crippen molar-refractivity contribution in [3.05, 3.63) is 69.0 Å². The van der Waals surface area contributed by atoms with Gasteiger partial charge in [-0.3, -0.25) is 0 Å². The summed E-state index contributed by atoms with van der Waals surface area (Å²) in [7, 11) is 0. The number of benzene rings is 2. The van der Waals surface area contributed by atoms with Crippen molar-refractivity contribution < 1.29 is 9.50 Å². The number of aryl methyl sites for hydroxylation is 1. The Kier molecular flexibility index (Phi) is 4.46. The first kappa shape index (κ1) is 14.3. The van der Waals surface area contributed by atoms with Gasteiger partial charge in [-0.1, -0.05) is 41.4 Å². The molecule has 1 N–H and O–H groups in total. The Morgan fingerprint density at radius 1 is 1.21 bits per heavy atom. The maximum absolute atomic E-state index is 13.8. The number of aliphatic hydroxyl groups is 1. The third-order valence-electron chi connectivity index (χ3n) is 3.04. The minimum atomic E-state index is -0.787. The molecule has 0 heterocycles. The molecule has 0 saturated heterocycles. The summed E-state index contributed by atoms with van der Waals surface area (Å²) in [5.41, 5.74) is 2.01. The van der Waals surface area contributed by atoms with Crippen LogP contribution in [0.3, 0.4) is 0 Å². The van der Waals surface area contributed by atoms with E-state index in [0.29, 0.717) is 10.6 Å². The van der Waals surface area contributed by atoms with Crippen LogP contribution in [0.5, 0.6) is 0 Å². The summed E-state index contributed by atoms with van der Waals surface area (Å²) >= 11 is 11.6. The first-order chi connectivity index (χ1) is 8.99. The first-order valence-electron chi connectivity index (χ1n) is 5.86. The maximum atomic E-state index is 13.8. The molecular weight excluding hydrogens is 286 g/mol. The number of aliphatic hydroxyl groups excluding tert-OH is 1. The van der Waals surface area contributed by atoms with Crippen molar-refractivity contribution in [2.45, 2.75) is 19.4 Å². The van der Waals surface area contributed by atoms with Crippen molar-refractivity contribution >= 4 is 23.2 Å². The summed E-state index contributed by atoms with van der Waals surface area (Å²) in [6.07, 6.45) is -0.611. The molecule has 1 nitrogen and oxygen atoms in total. The molecule has 0 aliphatic rings. The third-order valence-corrected chi connectivity index (χ3v) is 3.56. The minimum Gasteiger partial charge on any atom is -0.388 e. The number of halogens is 3. The highest BCUT2D eigenvalue weighted by Crippen LogP contribution is 2.26. The van der Waals surface area contributed by atoms with E-state index < -0.39 is 11.9 Å². The standard InChI is InChI=1S/C15H13Cl2FO/c1-9-7-11(16)5-6-12(9)14(19)8-10-3-2-4-13(17)15(10)18/h2-7,14,19H,8H2,1H3. The van der Waals surface area contributed by atoms with Crippen LogP contribution in [-0.4, -0.2) is 5.11 Å². The topological polar surface area (TPSA) is 20.2 Å². The average Bonchev–Trinajstić information content (AvgIpc) is 2.34. The summed E-state index contributed by atoms with van der Waals surface area (Å²) in [6.45, 7) is 1.86. The fourth-order valence-corrected chi connectivity index (χ4v) is 2.46. The lowest BCUT2D eigenvalue weighted by Gasteiger charge is -2.15. The Balaban J connectivity index is 2.25. The van der Waals surface area contributed by atoms with Gasteiger partial charge in [-0.05, 0) is 41.8 Å². The second-order valence-corrected chi connectivity index (χ2v) is 5.28. The Hall–Kier alpha value is -1.09. The van der Waals surface area contributed by atoms with E-state index in [1.807, 2.05) is 6.92 Å². The predicted molar refractivity (Wildman–Crippen MR) is 76.3 cm³/mol. The normalized spacial score (nSPS) is 12.5.